The zero-order valence-corrected chi connectivity index (χ0v) is 11.6. The molecule has 0 saturated heterocycles. The van der Waals surface area contributed by atoms with Crippen molar-refractivity contribution < 1.29 is 22.7 Å². The zero-order valence-electron chi connectivity index (χ0n) is 11.6. The second kappa shape index (κ2) is 5.76. The smallest absolute Gasteiger partial charge is 0.416 e. The molecule has 0 N–H and O–H groups in total. The Hall–Kier alpha value is -2.04. The van der Waals surface area contributed by atoms with Gasteiger partial charge in [0.05, 0.1) is 5.56 Å². The number of allylic oxidation sites excluding steroid dienone is 2. The quantitative estimate of drug-likeness (QED) is 0.763. The molecule has 2 atom stereocenters. The summed E-state index contributed by atoms with van der Waals surface area (Å²) >= 11 is 0. The van der Waals surface area contributed by atoms with Gasteiger partial charge in [-0.25, -0.2) is 0 Å². The number of ether oxygens (including phenoxy) is 1. The predicted molar refractivity (Wildman–Crippen MR) is 72.6 cm³/mol. The maximum atomic E-state index is 12.6. The van der Waals surface area contributed by atoms with E-state index < -0.39 is 23.8 Å². The summed E-state index contributed by atoms with van der Waals surface area (Å²) in [6.45, 7) is 3.19. The van der Waals surface area contributed by atoms with E-state index >= 15 is 0 Å². The van der Waals surface area contributed by atoms with Gasteiger partial charge in [0.1, 0.15) is 6.10 Å². The largest absolute Gasteiger partial charge is 0.457 e. The van der Waals surface area contributed by atoms with Gasteiger partial charge >= 0.3 is 12.1 Å². The molecule has 1 aromatic rings. The van der Waals surface area contributed by atoms with Crippen molar-refractivity contribution in [1.82, 2.24) is 0 Å². The minimum absolute atomic E-state index is 0.277. The van der Waals surface area contributed by atoms with Gasteiger partial charge in [0.2, 0.25) is 0 Å². The third-order valence-electron chi connectivity index (χ3n) is 3.27. The average Bonchev–Trinajstić information content (AvgIpc) is 2.39. The van der Waals surface area contributed by atoms with E-state index in [2.05, 4.69) is 0 Å². The van der Waals surface area contributed by atoms with Crippen LogP contribution in [0.25, 0.3) is 0 Å². The molecular weight excluding hydrogens is 281 g/mol. The third-order valence-corrected chi connectivity index (χ3v) is 3.27. The molecule has 0 spiro atoms. The second-order valence-electron chi connectivity index (χ2n) is 4.99. The molecule has 0 aliphatic heterocycles. The molecule has 1 unspecified atom stereocenters. The van der Waals surface area contributed by atoms with Crippen LogP contribution in [0.2, 0.25) is 0 Å². The topological polar surface area (TPSA) is 26.3 Å². The van der Waals surface area contributed by atoms with Gasteiger partial charge in [0.15, 0.2) is 0 Å². The van der Waals surface area contributed by atoms with Crippen LogP contribution in [0, 0.1) is 0 Å². The number of carbonyl (C=O) groups excluding carboxylic acids is 1. The van der Waals surface area contributed by atoms with Gasteiger partial charge in [-0.15, -0.1) is 0 Å². The van der Waals surface area contributed by atoms with Crippen molar-refractivity contribution >= 4 is 5.97 Å². The first kappa shape index (κ1) is 15.4. The minimum atomic E-state index is -4.36. The molecule has 2 nitrogen and oxygen atoms in total. The first-order valence-corrected chi connectivity index (χ1v) is 6.48. The van der Waals surface area contributed by atoms with Crippen molar-refractivity contribution in [3.63, 3.8) is 0 Å². The van der Waals surface area contributed by atoms with Gasteiger partial charge in [-0.3, -0.25) is 4.79 Å². The van der Waals surface area contributed by atoms with E-state index in [9.17, 15) is 18.0 Å². The Labute approximate surface area is 120 Å². The summed E-state index contributed by atoms with van der Waals surface area (Å²) in [7, 11) is 0. The Morgan fingerprint density at radius 1 is 1.19 bits per heavy atom. The van der Waals surface area contributed by atoms with Gasteiger partial charge in [-0.05, 0) is 30.7 Å². The second-order valence-corrected chi connectivity index (χ2v) is 4.99. The van der Waals surface area contributed by atoms with Crippen LogP contribution in [0.3, 0.4) is 0 Å². The van der Waals surface area contributed by atoms with Crippen molar-refractivity contribution in [1.29, 1.82) is 0 Å². The number of halogens is 3. The van der Waals surface area contributed by atoms with E-state index in [4.69, 9.17) is 4.74 Å². The maximum Gasteiger partial charge on any atom is 0.416 e. The Morgan fingerprint density at radius 3 is 2.33 bits per heavy atom. The van der Waals surface area contributed by atoms with Crippen LogP contribution in [0.1, 0.15) is 30.9 Å². The molecule has 112 valence electrons. The first-order chi connectivity index (χ1) is 9.77. The van der Waals surface area contributed by atoms with Gasteiger partial charge in [-0.2, -0.15) is 13.2 Å². The highest BCUT2D eigenvalue weighted by molar-refractivity contribution is 5.66. The van der Waals surface area contributed by atoms with Gasteiger partial charge in [0, 0.05) is 12.8 Å². The Kier molecular flexibility index (Phi) is 4.21. The lowest BCUT2D eigenvalue weighted by Crippen LogP contribution is -2.23. The molecular formula is C16H15F3O2. The van der Waals surface area contributed by atoms with Crippen LogP contribution in [0.15, 0.2) is 48.1 Å². The van der Waals surface area contributed by atoms with Crippen LogP contribution < -0.4 is 0 Å². The minimum Gasteiger partial charge on any atom is -0.457 e. The van der Waals surface area contributed by atoms with Gasteiger partial charge in [-0.1, -0.05) is 29.9 Å². The van der Waals surface area contributed by atoms with Crippen LogP contribution in [0.5, 0.6) is 0 Å². The first-order valence-electron chi connectivity index (χ1n) is 6.48. The van der Waals surface area contributed by atoms with Gasteiger partial charge in [0.25, 0.3) is 0 Å². The normalized spacial score (nSPS) is 21.9. The molecule has 0 fully saturated rings. The molecule has 1 aliphatic carbocycles. The summed E-state index contributed by atoms with van der Waals surface area (Å²) in [5, 5.41) is 0. The lowest BCUT2D eigenvalue weighted by Gasteiger charge is -2.25. The van der Waals surface area contributed by atoms with Crippen molar-refractivity contribution in [3.05, 3.63) is 59.2 Å². The average molecular weight is 296 g/mol. The molecule has 0 heterocycles. The molecule has 0 aromatic heterocycles. The highest BCUT2D eigenvalue weighted by Gasteiger charge is 2.31. The lowest BCUT2D eigenvalue weighted by atomic mass is 9.87. The molecule has 1 aromatic carbocycles. The number of carbonyl (C=O) groups is 1. The van der Waals surface area contributed by atoms with E-state index in [1.807, 2.05) is 19.1 Å². The molecule has 2 rings (SSSR count). The van der Waals surface area contributed by atoms with E-state index in [1.165, 1.54) is 19.1 Å². The molecule has 21 heavy (non-hydrogen) atoms. The summed E-state index contributed by atoms with van der Waals surface area (Å²) in [6, 6.07) is 4.93. The van der Waals surface area contributed by atoms with Crippen molar-refractivity contribution in [2.24, 2.45) is 0 Å². The molecule has 5 heteroatoms. The monoisotopic (exact) mass is 296 g/mol. The van der Waals surface area contributed by atoms with Crippen molar-refractivity contribution in [2.75, 3.05) is 0 Å². The number of hydrogen-bond donors (Lipinski definition) is 0. The molecule has 0 saturated carbocycles. The number of alkyl halides is 3. The van der Waals surface area contributed by atoms with Crippen molar-refractivity contribution in [3.8, 4) is 0 Å². The maximum absolute atomic E-state index is 12.6. The highest BCUT2D eigenvalue weighted by Crippen LogP contribution is 2.33. The number of esters is 1. The standard InChI is InChI=1S/C16H15F3O2/c1-10-3-8-15(21-11(2)20)14(9-10)12-4-6-13(7-5-12)16(17,18)19/h3-9,14-15H,1-2H3/t14-,15?/m0/s1. The van der Waals surface area contributed by atoms with E-state index in [0.29, 0.717) is 5.56 Å². The van der Waals surface area contributed by atoms with Crippen LogP contribution >= 0.6 is 0 Å². The van der Waals surface area contributed by atoms with Crippen LogP contribution in [-0.4, -0.2) is 12.1 Å². The SMILES string of the molecule is CC(=O)OC1C=CC(C)=C[C@H]1c1ccc(C(F)(F)F)cc1. The van der Waals surface area contributed by atoms with E-state index in [0.717, 1.165) is 17.7 Å². The highest BCUT2D eigenvalue weighted by atomic mass is 19.4. The number of hydrogen-bond acceptors (Lipinski definition) is 2. The molecule has 0 amide bonds. The van der Waals surface area contributed by atoms with Gasteiger partial charge < -0.3 is 4.74 Å². The summed E-state index contributed by atoms with van der Waals surface area (Å²) in [5.41, 5.74) is 0.962. The predicted octanol–water partition coefficient (Wildman–Crippen LogP) is 4.24. The summed E-state index contributed by atoms with van der Waals surface area (Å²) in [4.78, 5) is 11.1. The van der Waals surface area contributed by atoms with Crippen LogP contribution in [0.4, 0.5) is 13.2 Å². The van der Waals surface area contributed by atoms with E-state index in [1.54, 1.807) is 6.08 Å². The number of benzene rings is 1. The number of rotatable bonds is 2. The molecule has 0 bridgehead atoms. The molecule has 1 aliphatic rings. The summed E-state index contributed by atoms with van der Waals surface area (Å²) in [5.74, 6) is -0.698. The third kappa shape index (κ3) is 3.74. The fraction of sp³-hybridized carbons (Fsp3) is 0.312. The zero-order chi connectivity index (χ0) is 15.6. The van der Waals surface area contributed by atoms with Crippen LogP contribution in [-0.2, 0) is 15.7 Å². The Morgan fingerprint density at radius 2 is 1.81 bits per heavy atom. The Bertz CT molecular complexity index is 583. The van der Waals surface area contributed by atoms with E-state index in [-0.39, 0.29) is 5.92 Å². The van der Waals surface area contributed by atoms with Crippen molar-refractivity contribution in [2.45, 2.75) is 32.0 Å². The fourth-order valence-electron chi connectivity index (χ4n) is 2.28. The molecule has 0 radical (unpaired) electrons. The lowest BCUT2D eigenvalue weighted by molar-refractivity contribution is -0.144. The summed E-state index contributed by atoms with van der Waals surface area (Å²) < 4.78 is 43.0. The summed E-state index contributed by atoms with van der Waals surface area (Å²) in [6.07, 6.45) is 0.609. The fourth-order valence-corrected chi connectivity index (χ4v) is 2.28. The Balaban J connectivity index is 2.29.